The van der Waals surface area contributed by atoms with Crippen molar-refractivity contribution in [1.82, 2.24) is 0 Å². The second kappa shape index (κ2) is 25.4. The highest BCUT2D eigenvalue weighted by Crippen LogP contribution is 2.50. The predicted octanol–water partition coefficient (Wildman–Crippen LogP) is 11.4. The monoisotopic (exact) mass is 1200 g/mol. The number of fused-ring (bicyclic) bond motifs is 6. The van der Waals surface area contributed by atoms with Gasteiger partial charge in [-0.3, -0.25) is 0 Å². The molecule has 4 aromatic carbocycles. The number of carbonyl (C=O) groups is 2. The Morgan fingerprint density at radius 3 is 1.53 bits per heavy atom. The Balaban J connectivity index is 0.000000174. The second-order valence-corrected chi connectivity index (χ2v) is 28.1. The molecule has 0 radical (unpaired) electrons. The summed E-state index contributed by atoms with van der Waals surface area (Å²) in [5.74, 6) is 1.67. The average Bonchev–Trinajstić information content (AvgIpc) is 2.57. The third kappa shape index (κ3) is 13.2. The van der Waals surface area contributed by atoms with E-state index >= 15 is 0 Å². The molecule has 8 aliphatic rings. The third-order valence-electron chi connectivity index (χ3n) is 20.0. The van der Waals surface area contributed by atoms with Crippen molar-refractivity contribution in [2.75, 3.05) is 81.4 Å². The van der Waals surface area contributed by atoms with Crippen LogP contribution in [0, 0.1) is 35.5 Å². The SMILES string of the molecule is CCCO[C@@H]1C[C@H]([C@@H]2CC[C@H]2CN2C[C@@]3(CCCc4cc(Cl)ccc43)COc3ccc(C(=O)O)cc32)OC[C@H]1C.C[C@@H]1CO[C@H]([C@@H]2CC[C@H]2CN2C[C@@]3(CCCc4cc(Cl)ccc43)COc3ccc(C(=O)O)cc32)C[C@H]1OCCS(N)(=O)=O. The maximum atomic E-state index is 12.0. The quantitative estimate of drug-likeness (QED) is 0.102. The molecule has 0 amide bonds. The number of ether oxygens (including phenoxy) is 6. The molecule has 4 fully saturated rings. The Bertz CT molecular complexity index is 3110. The number of halogens is 2. The smallest absolute Gasteiger partial charge is 0.335 e. The van der Waals surface area contributed by atoms with Crippen LogP contribution in [0.3, 0.4) is 0 Å². The molecule has 4 heterocycles. The fourth-order valence-electron chi connectivity index (χ4n) is 15.2. The van der Waals surface area contributed by atoms with Crippen molar-refractivity contribution in [1.29, 1.82) is 0 Å². The van der Waals surface area contributed by atoms with Crippen LogP contribution in [0.25, 0.3) is 0 Å². The van der Waals surface area contributed by atoms with Crippen LogP contribution in [0.15, 0.2) is 72.8 Å². The summed E-state index contributed by atoms with van der Waals surface area (Å²) < 4.78 is 60.8. The van der Waals surface area contributed by atoms with Gasteiger partial charge < -0.3 is 48.4 Å². The minimum absolute atomic E-state index is 0.0222. The van der Waals surface area contributed by atoms with Crippen molar-refractivity contribution in [2.24, 2.45) is 40.6 Å². The van der Waals surface area contributed by atoms with Gasteiger partial charge in [0.05, 0.1) is 85.7 Å². The predicted molar refractivity (Wildman–Crippen MR) is 322 cm³/mol. The zero-order valence-electron chi connectivity index (χ0n) is 48.3. The minimum Gasteiger partial charge on any atom is -0.490 e. The fourth-order valence-corrected chi connectivity index (χ4v) is 15.9. The number of nitrogens with zero attached hydrogens (tertiary/aromatic N) is 2. The summed E-state index contributed by atoms with van der Waals surface area (Å²) in [6.07, 6.45) is 13.7. The van der Waals surface area contributed by atoms with E-state index in [2.05, 4.69) is 54.8 Å². The van der Waals surface area contributed by atoms with E-state index in [9.17, 15) is 28.2 Å². The van der Waals surface area contributed by atoms with Crippen molar-refractivity contribution in [3.05, 3.63) is 116 Å². The number of carboxylic acid groups (broad SMARTS) is 2. The van der Waals surface area contributed by atoms with Crippen molar-refractivity contribution >= 4 is 56.5 Å². The Morgan fingerprint density at radius 2 is 1.12 bits per heavy atom. The minimum atomic E-state index is -3.57. The van der Waals surface area contributed by atoms with Gasteiger partial charge in [-0.15, -0.1) is 0 Å². The molecule has 12 atom stereocenters. The second-order valence-electron chi connectivity index (χ2n) is 25.5. The van der Waals surface area contributed by atoms with Gasteiger partial charge in [-0.25, -0.2) is 23.1 Å². The van der Waals surface area contributed by atoms with E-state index in [1.165, 1.54) is 28.7 Å². The number of hydrogen-bond acceptors (Lipinski definition) is 12. The summed E-state index contributed by atoms with van der Waals surface area (Å²) in [5.41, 5.74) is 7.02. The Morgan fingerprint density at radius 1 is 0.663 bits per heavy atom. The van der Waals surface area contributed by atoms with Gasteiger partial charge in [0.15, 0.2) is 0 Å². The first kappa shape index (κ1) is 60.1. The van der Waals surface area contributed by atoms with E-state index in [4.69, 9.17) is 56.8 Å². The highest BCUT2D eigenvalue weighted by Gasteiger charge is 2.48. The summed E-state index contributed by atoms with van der Waals surface area (Å²) in [6, 6.07) is 23.0. The number of primary sulfonamides is 1. The van der Waals surface area contributed by atoms with Crippen molar-refractivity contribution in [3.63, 3.8) is 0 Å². The summed E-state index contributed by atoms with van der Waals surface area (Å²) in [7, 11) is -3.57. The summed E-state index contributed by atoms with van der Waals surface area (Å²) >= 11 is 12.8. The molecule has 0 bridgehead atoms. The number of nitrogens with two attached hydrogens (primary N) is 1. The summed E-state index contributed by atoms with van der Waals surface area (Å²) in [5, 5.41) is 26.3. The molecule has 83 heavy (non-hydrogen) atoms. The number of aryl methyl sites for hydroxylation is 2. The third-order valence-corrected chi connectivity index (χ3v) is 21.2. The van der Waals surface area contributed by atoms with E-state index < -0.39 is 22.0 Å². The molecule has 12 rings (SSSR count). The fraction of sp³-hybridized carbons (Fsp3) is 0.600. The van der Waals surface area contributed by atoms with Crippen LogP contribution in [0.4, 0.5) is 11.4 Å². The Labute approximate surface area is 499 Å². The lowest BCUT2D eigenvalue weighted by molar-refractivity contribution is -0.141. The molecule has 4 aromatic rings. The van der Waals surface area contributed by atoms with Gasteiger partial charge in [-0.1, -0.05) is 56.1 Å². The highest BCUT2D eigenvalue weighted by atomic mass is 35.5. The number of benzene rings is 4. The summed E-state index contributed by atoms with van der Waals surface area (Å²) in [6.45, 7) is 12.9. The first-order valence-corrected chi connectivity index (χ1v) is 32.9. The van der Waals surface area contributed by atoms with Gasteiger partial charge >= 0.3 is 11.9 Å². The van der Waals surface area contributed by atoms with Gasteiger partial charge in [-0.05, 0) is 177 Å². The van der Waals surface area contributed by atoms with E-state index in [-0.39, 0.29) is 59.1 Å². The van der Waals surface area contributed by atoms with Crippen molar-refractivity contribution in [3.8, 4) is 11.5 Å². The molecule has 4 aliphatic carbocycles. The molecule has 4 N–H and O–H groups in total. The maximum Gasteiger partial charge on any atom is 0.335 e. The van der Waals surface area contributed by atoms with Crippen LogP contribution in [0.5, 0.6) is 11.5 Å². The molecular weight excluding hydrogens is 1120 g/mol. The Hall–Kier alpha value is -4.65. The molecule has 2 saturated heterocycles. The van der Waals surface area contributed by atoms with Crippen LogP contribution in [-0.2, 0) is 52.6 Å². The lowest BCUT2D eigenvalue weighted by Gasteiger charge is -2.48. The number of hydrogen-bond donors (Lipinski definition) is 3. The van der Waals surface area contributed by atoms with Gasteiger partial charge in [0, 0.05) is 78.3 Å². The van der Waals surface area contributed by atoms with Gasteiger partial charge in [0.2, 0.25) is 10.0 Å². The van der Waals surface area contributed by atoms with Crippen LogP contribution < -0.4 is 24.4 Å². The molecule has 450 valence electrons. The molecule has 2 saturated carbocycles. The lowest BCUT2D eigenvalue weighted by atomic mass is 9.67. The standard InChI is InChI=1S/C33H42ClNO5.C32H41ClN2O7S/c1-3-13-38-30-16-31(39-18-21(30)2)26-9-6-24(26)17-35-19-33(12-4-5-22-14-25(34)8-10-27(22)33)20-40-29-11-7-23(32(36)37)15-28(29)35;1-20-17-41-30(15-29(20)40-11-12-43(34,38)39)25-7-4-23(25)16-35-18-32(10-2-3-21-13-24(33)6-8-26(21)32)19-42-28-9-5-22(31(36)37)14-27(28)35/h7-8,10-11,14-15,21,24,26,30-31H,3-6,9,12-13,16-20H2,1-2H3,(H,36,37);5-6,8-9,13-14,20,23,25,29-30H,2-4,7,10-12,15-19H2,1H3,(H,36,37)(H2,34,38,39)/t21-,24+,26-,30-,31-,33+;20-,23+,25-,29-,30+,32+/m11/s1. The van der Waals surface area contributed by atoms with E-state index in [0.29, 0.717) is 67.1 Å². The van der Waals surface area contributed by atoms with Crippen LogP contribution in [0.1, 0.15) is 134 Å². The van der Waals surface area contributed by atoms with Gasteiger partial charge in [0.25, 0.3) is 0 Å². The Kier molecular flexibility index (Phi) is 18.3. The first-order chi connectivity index (χ1) is 39.9. The number of carboxylic acids is 2. The van der Waals surface area contributed by atoms with Crippen molar-refractivity contribution in [2.45, 2.75) is 139 Å². The maximum absolute atomic E-state index is 12.0. The number of rotatable bonds is 15. The zero-order chi connectivity index (χ0) is 58.2. The van der Waals surface area contributed by atoms with E-state index in [1.807, 2.05) is 24.3 Å². The molecule has 18 heteroatoms. The van der Waals surface area contributed by atoms with Crippen LogP contribution in [0.2, 0.25) is 10.0 Å². The van der Waals surface area contributed by atoms with Crippen molar-refractivity contribution < 1.29 is 56.6 Å². The van der Waals surface area contributed by atoms with E-state index in [0.717, 1.165) is 137 Å². The molecule has 0 unspecified atom stereocenters. The van der Waals surface area contributed by atoms with Gasteiger partial charge in [0.1, 0.15) is 11.5 Å². The van der Waals surface area contributed by atoms with Crippen LogP contribution in [-0.4, -0.2) is 127 Å². The molecule has 15 nitrogen and oxygen atoms in total. The number of anilines is 2. The lowest BCUT2D eigenvalue weighted by Crippen LogP contribution is -2.51. The topological polar surface area (TPSA) is 197 Å². The zero-order valence-corrected chi connectivity index (χ0v) is 50.6. The highest BCUT2D eigenvalue weighted by molar-refractivity contribution is 7.89. The van der Waals surface area contributed by atoms with E-state index in [1.54, 1.807) is 24.3 Å². The largest absolute Gasteiger partial charge is 0.490 e. The molecule has 2 spiro atoms. The molecule has 0 aromatic heterocycles. The number of aromatic carboxylic acids is 2. The summed E-state index contributed by atoms with van der Waals surface area (Å²) in [4.78, 5) is 28.7. The number of sulfonamides is 1. The molecule has 4 aliphatic heterocycles. The van der Waals surface area contributed by atoms with Crippen LogP contribution >= 0.6 is 23.2 Å². The van der Waals surface area contributed by atoms with Gasteiger partial charge in [-0.2, -0.15) is 0 Å². The first-order valence-electron chi connectivity index (χ1n) is 30.4. The molecular formula is C65H83Cl2N3O12S. The average molecular weight is 1200 g/mol. The normalized spacial score (nSPS) is 31.0.